The number of hydrogen-bond donors (Lipinski definition) is 2. The van der Waals surface area contributed by atoms with Crippen LogP contribution >= 0.6 is 0 Å². The van der Waals surface area contributed by atoms with Crippen molar-refractivity contribution in [1.82, 2.24) is 30.2 Å². The monoisotopic (exact) mass is 492 g/mol. The molecule has 3 aliphatic rings. The molecule has 0 aliphatic carbocycles. The molecule has 2 unspecified atom stereocenters. The van der Waals surface area contributed by atoms with Gasteiger partial charge in [-0.2, -0.15) is 0 Å². The standard InChI is InChI=1S/C28H40N6O2/c1-20(2)16-23-18-25(31-30-23)28(36)33-13-8-26-22(19-33)17-24(21-6-9-29-10-7-21)27(35)34(26)15-14-32-11-4-3-5-12-32/h6-7,9-10,17,20,23,25,30-31H,3-5,8,11-16,18-19H2,1-2H3. The van der Waals surface area contributed by atoms with E-state index >= 15 is 0 Å². The number of likely N-dealkylation sites (tertiary alicyclic amines) is 1. The van der Waals surface area contributed by atoms with E-state index in [0.717, 1.165) is 49.3 Å². The summed E-state index contributed by atoms with van der Waals surface area (Å²) in [5.41, 5.74) is 10.4. The van der Waals surface area contributed by atoms with E-state index in [1.54, 1.807) is 12.4 Å². The average Bonchev–Trinajstić information content (AvgIpc) is 3.36. The fraction of sp³-hybridized carbons (Fsp3) is 0.607. The van der Waals surface area contributed by atoms with Crippen molar-refractivity contribution in [1.29, 1.82) is 0 Å². The van der Waals surface area contributed by atoms with Crippen LogP contribution in [0.4, 0.5) is 0 Å². The van der Waals surface area contributed by atoms with Crippen LogP contribution in [0.5, 0.6) is 0 Å². The van der Waals surface area contributed by atoms with E-state index in [2.05, 4.69) is 34.6 Å². The lowest BCUT2D eigenvalue weighted by atomic mass is 9.97. The molecule has 5 heterocycles. The van der Waals surface area contributed by atoms with Gasteiger partial charge in [0.05, 0.1) is 0 Å². The highest BCUT2D eigenvalue weighted by Gasteiger charge is 2.34. The predicted octanol–water partition coefficient (Wildman–Crippen LogP) is 2.56. The lowest BCUT2D eigenvalue weighted by Gasteiger charge is -2.33. The first-order valence-corrected chi connectivity index (χ1v) is 13.7. The number of carbonyl (C=O) groups is 1. The summed E-state index contributed by atoms with van der Waals surface area (Å²) in [6, 6.07) is 5.94. The molecule has 2 N–H and O–H groups in total. The minimum atomic E-state index is -0.194. The second kappa shape index (κ2) is 11.2. The third-order valence-corrected chi connectivity index (χ3v) is 7.90. The Hall–Kier alpha value is -2.55. The van der Waals surface area contributed by atoms with Crippen LogP contribution in [-0.2, 0) is 24.3 Å². The Morgan fingerprint density at radius 3 is 2.61 bits per heavy atom. The second-order valence-corrected chi connectivity index (χ2v) is 11.0. The molecule has 0 aromatic carbocycles. The highest BCUT2D eigenvalue weighted by atomic mass is 16.2. The fourth-order valence-corrected chi connectivity index (χ4v) is 6.03. The van der Waals surface area contributed by atoms with Gasteiger partial charge >= 0.3 is 0 Å². The molecule has 1 amide bonds. The topological polar surface area (TPSA) is 82.5 Å². The maximum atomic E-state index is 13.7. The zero-order valence-corrected chi connectivity index (χ0v) is 21.7. The van der Waals surface area contributed by atoms with Crippen LogP contribution in [0.25, 0.3) is 11.1 Å². The molecule has 0 spiro atoms. The SMILES string of the molecule is CC(C)CC1CC(C(=O)N2CCc3c(cc(-c4ccncc4)c(=O)n3CCN3CCCCC3)C2)NN1. The molecule has 0 radical (unpaired) electrons. The maximum absolute atomic E-state index is 13.7. The molecule has 0 bridgehead atoms. The van der Waals surface area contributed by atoms with Gasteiger partial charge in [-0.3, -0.25) is 20.0 Å². The molecule has 36 heavy (non-hydrogen) atoms. The van der Waals surface area contributed by atoms with Crippen molar-refractivity contribution in [2.75, 3.05) is 26.2 Å². The number of piperidine rings is 1. The Balaban J connectivity index is 1.39. The summed E-state index contributed by atoms with van der Waals surface area (Å²) in [7, 11) is 0. The predicted molar refractivity (Wildman–Crippen MR) is 141 cm³/mol. The zero-order valence-electron chi connectivity index (χ0n) is 21.7. The van der Waals surface area contributed by atoms with Gasteiger partial charge in [-0.25, -0.2) is 5.43 Å². The minimum absolute atomic E-state index is 0.0647. The largest absolute Gasteiger partial charge is 0.337 e. The first kappa shape index (κ1) is 25.1. The summed E-state index contributed by atoms with van der Waals surface area (Å²) in [6.45, 7) is 9.43. The van der Waals surface area contributed by atoms with Gasteiger partial charge in [-0.05, 0) is 74.0 Å². The molecule has 8 nitrogen and oxygen atoms in total. The van der Waals surface area contributed by atoms with E-state index in [1.807, 2.05) is 27.7 Å². The van der Waals surface area contributed by atoms with E-state index in [1.165, 1.54) is 19.3 Å². The van der Waals surface area contributed by atoms with Gasteiger partial charge in [0.2, 0.25) is 5.91 Å². The molecule has 8 heteroatoms. The quantitative estimate of drug-likeness (QED) is 0.618. The average molecular weight is 493 g/mol. The summed E-state index contributed by atoms with van der Waals surface area (Å²) in [5.74, 6) is 0.740. The van der Waals surface area contributed by atoms with E-state index in [-0.39, 0.29) is 17.5 Å². The van der Waals surface area contributed by atoms with Crippen molar-refractivity contribution < 1.29 is 4.79 Å². The van der Waals surface area contributed by atoms with Gasteiger partial charge in [0, 0.05) is 62.3 Å². The second-order valence-electron chi connectivity index (χ2n) is 11.0. The lowest BCUT2D eigenvalue weighted by molar-refractivity contribution is -0.134. The number of rotatable bonds is 7. The number of aromatic nitrogens is 2. The van der Waals surface area contributed by atoms with Crippen LogP contribution in [0, 0.1) is 5.92 Å². The smallest absolute Gasteiger partial charge is 0.258 e. The van der Waals surface area contributed by atoms with Gasteiger partial charge in [0.15, 0.2) is 0 Å². The first-order chi connectivity index (χ1) is 17.5. The van der Waals surface area contributed by atoms with Crippen molar-refractivity contribution >= 4 is 5.91 Å². The Bertz CT molecular complexity index is 1110. The van der Waals surface area contributed by atoms with Crippen LogP contribution in [0.1, 0.15) is 57.2 Å². The number of nitrogens with one attached hydrogen (secondary N) is 2. The van der Waals surface area contributed by atoms with Crippen molar-refractivity contribution in [3.63, 3.8) is 0 Å². The van der Waals surface area contributed by atoms with E-state index < -0.39 is 0 Å². The van der Waals surface area contributed by atoms with Gasteiger partial charge in [0.1, 0.15) is 6.04 Å². The molecule has 194 valence electrons. The molecule has 0 saturated carbocycles. The Kier molecular flexibility index (Phi) is 7.84. The van der Waals surface area contributed by atoms with Crippen molar-refractivity contribution in [2.24, 2.45) is 5.92 Å². The molecule has 2 aromatic heterocycles. The van der Waals surface area contributed by atoms with Gasteiger partial charge in [-0.15, -0.1) is 0 Å². The first-order valence-electron chi connectivity index (χ1n) is 13.7. The van der Waals surface area contributed by atoms with Gasteiger partial charge in [-0.1, -0.05) is 20.3 Å². The van der Waals surface area contributed by atoms with Crippen molar-refractivity contribution in [2.45, 2.75) is 77.5 Å². The normalized spacial score (nSPS) is 22.7. The van der Waals surface area contributed by atoms with Crippen LogP contribution in [-0.4, -0.2) is 63.5 Å². The number of carbonyl (C=O) groups excluding carboxylic acids is 1. The molecule has 3 aliphatic heterocycles. The van der Waals surface area contributed by atoms with Crippen LogP contribution in [0.15, 0.2) is 35.4 Å². The summed E-state index contributed by atoms with van der Waals surface area (Å²) in [5, 5.41) is 0. The Morgan fingerprint density at radius 2 is 1.86 bits per heavy atom. The highest BCUT2D eigenvalue weighted by molar-refractivity contribution is 5.82. The lowest BCUT2D eigenvalue weighted by Crippen LogP contribution is -2.48. The van der Waals surface area contributed by atoms with Crippen LogP contribution in [0.2, 0.25) is 0 Å². The summed E-state index contributed by atoms with van der Waals surface area (Å²) in [4.78, 5) is 35.7. The van der Waals surface area contributed by atoms with Crippen molar-refractivity contribution in [3.05, 3.63) is 52.2 Å². The molecule has 2 fully saturated rings. The van der Waals surface area contributed by atoms with E-state index in [0.29, 0.717) is 43.6 Å². The molecule has 5 rings (SSSR count). The van der Waals surface area contributed by atoms with E-state index in [9.17, 15) is 9.59 Å². The number of amides is 1. The third kappa shape index (κ3) is 5.56. The zero-order chi connectivity index (χ0) is 25.1. The highest BCUT2D eigenvalue weighted by Crippen LogP contribution is 2.25. The summed E-state index contributed by atoms with van der Waals surface area (Å²) in [6.07, 6.45) is 9.82. The fourth-order valence-electron chi connectivity index (χ4n) is 6.03. The number of pyridine rings is 2. The third-order valence-electron chi connectivity index (χ3n) is 7.90. The van der Waals surface area contributed by atoms with Gasteiger partial charge in [0.25, 0.3) is 5.56 Å². The molecule has 2 aromatic rings. The Morgan fingerprint density at radius 1 is 1.08 bits per heavy atom. The number of nitrogens with zero attached hydrogens (tertiary/aromatic N) is 4. The molecule has 2 saturated heterocycles. The van der Waals surface area contributed by atoms with E-state index in [4.69, 9.17) is 0 Å². The Labute approximate surface area is 214 Å². The molecule has 2 atom stereocenters. The number of fused-ring (bicyclic) bond motifs is 1. The van der Waals surface area contributed by atoms with Crippen LogP contribution < -0.4 is 16.4 Å². The van der Waals surface area contributed by atoms with Crippen LogP contribution in [0.3, 0.4) is 0 Å². The van der Waals surface area contributed by atoms with Crippen molar-refractivity contribution in [3.8, 4) is 11.1 Å². The maximum Gasteiger partial charge on any atom is 0.258 e. The van der Waals surface area contributed by atoms with Gasteiger partial charge < -0.3 is 14.4 Å². The number of hydrazine groups is 1. The summed E-state index contributed by atoms with van der Waals surface area (Å²) >= 11 is 0. The summed E-state index contributed by atoms with van der Waals surface area (Å²) < 4.78 is 2.00. The molecular formula is C28H40N6O2. The number of hydrogen-bond acceptors (Lipinski definition) is 6. The molecular weight excluding hydrogens is 452 g/mol. The minimum Gasteiger partial charge on any atom is -0.337 e.